The zero-order chi connectivity index (χ0) is 51.1. The van der Waals surface area contributed by atoms with E-state index < -0.39 is 10.8 Å². The molecule has 4 heteroatoms. The third kappa shape index (κ3) is 5.87. The van der Waals surface area contributed by atoms with E-state index in [-0.39, 0.29) is 0 Å². The van der Waals surface area contributed by atoms with Crippen LogP contribution in [0.4, 0.5) is 17.1 Å². The molecule has 2 spiro atoms. The van der Waals surface area contributed by atoms with Gasteiger partial charge in [0.25, 0.3) is 0 Å². The molecule has 12 aromatic carbocycles. The van der Waals surface area contributed by atoms with Crippen molar-refractivity contribution in [3.8, 4) is 67.5 Å². The number of para-hydroxylation sites is 4. The van der Waals surface area contributed by atoms with Crippen molar-refractivity contribution in [3.63, 3.8) is 0 Å². The van der Waals surface area contributed by atoms with E-state index in [0.717, 1.165) is 67.9 Å². The van der Waals surface area contributed by atoms with Crippen LogP contribution < -0.4 is 14.4 Å². The van der Waals surface area contributed by atoms with E-state index in [1.54, 1.807) is 0 Å². The molecule has 0 radical (unpaired) electrons. The predicted molar refractivity (Wildman–Crippen MR) is 320 cm³/mol. The number of rotatable bonds is 5. The number of fused-ring (bicyclic) bond motifs is 21. The molecule has 0 saturated carbocycles. The molecule has 3 heterocycles. The van der Waals surface area contributed by atoms with Crippen LogP contribution in [0.3, 0.4) is 0 Å². The highest BCUT2D eigenvalue weighted by Crippen LogP contribution is 2.65. The number of hydrogen-bond acceptors (Lipinski definition) is 4. The molecule has 0 fully saturated rings. The number of anilines is 3. The van der Waals surface area contributed by atoms with Gasteiger partial charge in [-0.05, 0) is 146 Å². The van der Waals surface area contributed by atoms with E-state index in [2.05, 4.69) is 278 Å². The molecule has 3 nitrogen and oxygen atoms in total. The zero-order valence-corrected chi connectivity index (χ0v) is 43.0. The fraction of sp³-hybridized carbons (Fsp3) is 0.0270. The van der Waals surface area contributed by atoms with Crippen LogP contribution in [0.1, 0.15) is 44.5 Å². The highest BCUT2D eigenvalue weighted by Gasteiger charge is 2.53. The van der Waals surface area contributed by atoms with Crippen molar-refractivity contribution >= 4 is 48.6 Å². The van der Waals surface area contributed by atoms with Gasteiger partial charge in [0.15, 0.2) is 0 Å². The second-order valence-electron chi connectivity index (χ2n) is 21.0. The SMILES string of the molecule is c1cc(-c2cccc3c2-c2ccccc2C32c3ccccc3Oc3ccccc32)cc(N(c2ccc(-c3ccc4sc5ccccc5c4c3)cc2)c2ccc3c(c2)C2(c4ccccc4Oc4ccccc42)c2ccccc2-3)c1. The Morgan fingerprint density at radius 3 is 1.42 bits per heavy atom. The maximum Gasteiger partial charge on any atom is 0.132 e. The van der Waals surface area contributed by atoms with Crippen molar-refractivity contribution in [2.24, 2.45) is 0 Å². The minimum Gasteiger partial charge on any atom is -0.457 e. The molecule has 0 atom stereocenters. The summed E-state index contributed by atoms with van der Waals surface area (Å²) in [5.74, 6) is 3.54. The minimum atomic E-state index is -0.620. The average Bonchev–Trinajstić information content (AvgIpc) is 4.28. The smallest absolute Gasteiger partial charge is 0.132 e. The average molecular weight is 1010 g/mol. The number of thiophene rings is 1. The van der Waals surface area contributed by atoms with Crippen molar-refractivity contribution in [2.75, 3.05) is 4.90 Å². The molecule has 2 aliphatic carbocycles. The predicted octanol–water partition coefficient (Wildman–Crippen LogP) is 19.8. The Morgan fingerprint density at radius 2 is 0.744 bits per heavy atom. The van der Waals surface area contributed by atoms with Gasteiger partial charge in [0, 0.05) is 59.5 Å². The Labute approximate surface area is 456 Å². The van der Waals surface area contributed by atoms with E-state index in [4.69, 9.17) is 9.47 Å². The van der Waals surface area contributed by atoms with Crippen LogP contribution >= 0.6 is 11.3 Å². The van der Waals surface area contributed by atoms with E-state index in [0.29, 0.717) is 0 Å². The summed E-state index contributed by atoms with van der Waals surface area (Å²) in [5.41, 5.74) is 21.3. The Hall–Kier alpha value is -9.74. The van der Waals surface area contributed by atoms with Crippen molar-refractivity contribution in [3.05, 3.63) is 317 Å². The van der Waals surface area contributed by atoms with Gasteiger partial charge in [0.1, 0.15) is 23.0 Å². The Balaban J connectivity index is 0.876. The van der Waals surface area contributed by atoms with Gasteiger partial charge >= 0.3 is 0 Å². The Morgan fingerprint density at radius 1 is 0.269 bits per heavy atom. The molecular weight excluding hydrogens is 967 g/mol. The highest BCUT2D eigenvalue weighted by molar-refractivity contribution is 7.25. The second-order valence-corrected chi connectivity index (χ2v) is 22.1. The first-order valence-electron chi connectivity index (χ1n) is 26.8. The molecule has 78 heavy (non-hydrogen) atoms. The van der Waals surface area contributed by atoms with Gasteiger partial charge in [-0.3, -0.25) is 0 Å². The fourth-order valence-corrected chi connectivity index (χ4v) is 15.2. The largest absolute Gasteiger partial charge is 0.457 e. The van der Waals surface area contributed by atoms with Crippen LogP contribution in [0.15, 0.2) is 273 Å². The van der Waals surface area contributed by atoms with E-state index in [9.17, 15) is 0 Å². The summed E-state index contributed by atoms with van der Waals surface area (Å²) < 4.78 is 16.1. The minimum absolute atomic E-state index is 0.570. The molecule has 0 unspecified atom stereocenters. The second kappa shape index (κ2) is 16.4. The summed E-state index contributed by atoms with van der Waals surface area (Å²) in [5, 5.41) is 2.60. The number of nitrogens with zero attached hydrogens (tertiary/aromatic N) is 1. The fourth-order valence-electron chi connectivity index (χ4n) is 14.1. The van der Waals surface area contributed by atoms with Crippen LogP contribution in [-0.2, 0) is 10.8 Å². The van der Waals surface area contributed by atoms with Crippen molar-refractivity contribution in [1.82, 2.24) is 0 Å². The lowest BCUT2D eigenvalue weighted by molar-refractivity contribution is 0.436. The van der Waals surface area contributed by atoms with Crippen molar-refractivity contribution < 1.29 is 9.47 Å². The molecular formula is C74H45NO2S. The van der Waals surface area contributed by atoms with Gasteiger partial charge in [-0.25, -0.2) is 0 Å². The first-order chi connectivity index (χ1) is 38.7. The number of benzene rings is 12. The van der Waals surface area contributed by atoms with Gasteiger partial charge in [0.05, 0.1) is 10.8 Å². The van der Waals surface area contributed by atoms with Gasteiger partial charge in [-0.1, -0.05) is 194 Å². The summed E-state index contributed by atoms with van der Waals surface area (Å²) in [7, 11) is 0. The number of ether oxygens (including phenoxy) is 2. The van der Waals surface area contributed by atoms with Gasteiger partial charge < -0.3 is 14.4 Å². The van der Waals surface area contributed by atoms with Crippen molar-refractivity contribution in [1.29, 1.82) is 0 Å². The molecule has 0 saturated heterocycles. The summed E-state index contributed by atoms with van der Waals surface area (Å²) in [4.78, 5) is 2.46. The van der Waals surface area contributed by atoms with Gasteiger partial charge in [0.2, 0.25) is 0 Å². The molecule has 364 valence electrons. The first-order valence-corrected chi connectivity index (χ1v) is 27.6. The molecule has 2 aliphatic heterocycles. The lowest BCUT2D eigenvalue weighted by Gasteiger charge is -2.39. The summed E-state index contributed by atoms with van der Waals surface area (Å²) in [6.45, 7) is 0. The van der Waals surface area contributed by atoms with E-state index >= 15 is 0 Å². The van der Waals surface area contributed by atoms with Crippen LogP contribution in [-0.4, -0.2) is 0 Å². The highest BCUT2D eigenvalue weighted by atomic mass is 32.1. The molecule has 0 N–H and O–H groups in total. The van der Waals surface area contributed by atoms with Crippen LogP contribution in [0.2, 0.25) is 0 Å². The molecule has 13 aromatic rings. The van der Waals surface area contributed by atoms with Gasteiger partial charge in [-0.2, -0.15) is 0 Å². The van der Waals surface area contributed by atoms with Crippen LogP contribution in [0, 0.1) is 0 Å². The molecule has 1 aromatic heterocycles. The molecule has 0 bridgehead atoms. The van der Waals surface area contributed by atoms with E-state index in [1.807, 2.05) is 11.3 Å². The molecule has 17 rings (SSSR count). The van der Waals surface area contributed by atoms with Crippen LogP contribution in [0.5, 0.6) is 23.0 Å². The lowest BCUT2D eigenvalue weighted by Crippen LogP contribution is -2.32. The first kappa shape index (κ1) is 43.5. The lowest BCUT2D eigenvalue weighted by atomic mass is 9.66. The normalized spacial score (nSPS) is 14.1. The maximum absolute atomic E-state index is 6.76. The monoisotopic (exact) mass is 1010 g/mol. The summed E-state index contributed by atoms with van der Waals surface area (Å²) >= 11 is 1.86. The quantitative estimate of drug-likeness (QED) is 0.171. The topological polar surface area (TPSA) is 21.7 Å². The Kier molecular flexibility index (Phi) is 9.14. The standard InChI is InChI=1S/C74H45NO2S/c1-4-23-58-53(19-1)54-41-40-51(45-65(54)74(58)62-27-8-12-32-68(62)77-69-33-13-9-28-63(69)74)75(49-38-35-46(36-39-49)47-37-42-71-57(44-47)55-20-3-14-34-70(55)78-71)50-18-15-17-48(43-50)52-22-16-29-64-72(52)56-21-2-5-24-59(56)73(64)60-25-6-10-30-66(60)76-67-31-11-7-26-61(67)73/h1-45H. The molecule has 4 aliphatic rings. The summed E-state index contributed by atoms with van der Waals surface area (Å²) in [6, 6.07) is 101. The maximum atomic E-state index is 6.76. The number of hydrogen-bond donors (Lipinski definition) is 0. The molecule has 0 amide bonds. The van der Waals surface area contributed by atoms with Crippen molar-refractivity contribution in [2.45, 2.75) is 10.8 Å². The van der Waals surface area contributed by atoms with Crippen LogP contribution in [0.25, 0.3) is 64.7 Å². The van der Waals surface area contributed by atoms with Gasteiger partial charge in [-0.15, -0.1) is 11.3 Å². The zero-order valence-electron chi connectivity index (χ0n) is 42.2. The third-order valence-electron chi connectivity index (χ3n) is 17.2. The van der Waals surface area contributed by atoms with E-state index in [1.165, 1.54) is 81.4 Å². The summed E-state index contributed by atoms with van der Waals surface area (Å²) in [6.07, 6.45) is 0. The third-order valence-corrected chi connectivity index (χ3v) is 18.4. The Bertz CT molecular complexity index is 4570.